The molecule has 0 bridgehead atoms. The van der Waals surface area contributed by atoms with Gasteiger partial charge >= 0.3 is 0 Å². The van der Waals surface area contributed by atoms with Gasteiger partial charge in [0, 0.05) is 30.8 Å². The minimum atomic E-state index is -0.318. The Bertz CT molecular complexity index is 445. The van der Waals surface area contributed by atoms with E-state index in [4.69, 9.17) is 0 Å². The van der Waals surface area contributed by atoms with E-state index in [9.17, 15) is 10.1 Å². The van der Waals surface area contributed by atoms with Crippen LogP contribution in [0.2, 0.25) is 0 Å². The summed E-state index contributed by atoms with van der Waals surface area (Å²) < 4.78 is 0. The smallest absolute Gasteiger partial charge is 0.273 e. The molecule has 0 spiro atoms. The number of likely N-dealkylation sites (N-methyl/N-ethyl adjacent to an activating group) is 1. The summed E-state index contributed by atoms with van der Waals surface area (Å²) in [6.45, 7) is 5.80. The molecule has 1 unspecified atom stereocenters. The lowest BCUT2D eigenvalue weighted by atomic mass is 9.93. The van der Waals surface area contributed by atoms with Crippen LogP contribution in [0.1, 0.15) is 32.3 Å². The fourth-order valence-electron chi connectivity index (χ4n) is 2.80. The molecule has 0 aromatic heterocycles. The van der Waals surface area contributed by atoms with Crippen molar-refractivity contribution in [2.24, 2.45) is 5.92 Å². The fraction of sp³-hybridized carbons (Fsp3) is 0.625. The molecule has 1 atom stereocenters. The molecule has 0 saturated carbocycles. The van der Waals surface area contributed by atoms with E-state index in [2.05, 4.69) is 38.2 Å². The molecule has 0 heterocycles. The summed E-state index contributed by atoms with van der Waals surface area (Å²) in [6, 6.07) is 7.36. The van der Waals surface area contributed by atoms with Gasteiger partial charge in [0.05, 0.1) is 4.92 Å². The molecule has 0 aliphatic rings. The molecule has 0 aliphatic heterocycles. The zero-order valence-electron chi connectivity index (χ0n) is 13.5. The Hall–Kier alpha value is -1.46. The van der Waals surface area contributed by atoms with Crippen molar-refractivity contribution in [3.8, 4) is 0 Å². The monoisotopic (exact) mass is 293 g/mol. The van der Waals surface area contributed by atoms with Crippen LogP contribution >= 0.6 is 0 Å². The van der Waals surface area contributed by atoms with Crippen molar-refractivity contribution in [1.29, 1.82) is 0 Å². The van der Waals surface area contributed by atoms with E-state index >= 15 is 0 Å². The van der Waals surface area contributed by atoms with Crippen molar-refractivity contribution in [2.75, 3.05) is 20.6 Å². The van der Waals surface area contributed by atoms with Crippen molar-refractivity contribution in [2.45, 2.75) is 39.3 Å². The standard InChI is InChI=1S/C16H27N3O2/c1-5-13(6-2)16(18(3)4)12-17-11-14-9-7-8-10-15(14)19(20)21/h7-10,13,16-17H,5-6,11-12H2,1-4H3. The van der Waals surface area contributed by atoms with Crippen LogP contribution in [0.15, 0.2) is 24.3 Å². The molecule has 5 nitrogen and oxygen atoms in total. The van der Waals surface area contributed by atoms with Crippen molar-refractivity contribution >= 4 is 5.69 Å². The fourth-order valence-corrected chi connectivity index (χ4v) is 2.80. The van der Waals surface area contributed by atoms with Gasteiger partial charge < -0.3 is 10.2 Å². The number of nitrogens with one attached hydrogen (secondary N) is 1. The molecule has 0 fully saturated rings. The van der Waals surface area contributed by atoms with Gasteiger partial charge in [-0.15, -0.1) is 0 Å². The van der Waals surface area contributed by atoms with Crippen LogP contribution in [0.3, 0.4) is 0 Å². The van der Waals surface area contributed by atoms with Crippen LogP contribution in [0, 0.1) is 16.0 Å². The minimum Gasteiger partial charge on any atom is -0.311 e. The molecule has 118 valence electrons. The Morgan fingerprint density at radius 1 is 1.24 bits per heavy atom. The molecule has 1 N–H and O–H groups in total. The molecular formula is C16H27N3O2. The third-order valence-corrected chi connectivity index (χ3v) is 4.11. The molecule has 1 aromatic carbocycles. The van der Waals surface area contributed by atoms with Crippen molar-refractivity contribution < 1.29 is 4.92 Å². The largest absolute Gasteiger partial charge is 0.311 e. The molecule has 0 radical (unpaired) electrons. The van der Waals surface area contributed by atoms with Crippen molar-refractivity contribution in [1.82, 2.24) is 10.2 Å². The number of para-hydroxylation sites is 1. The Morgan fingerprint density at radius 3 is 2.38 bits per heavy atom. The molecule has 21 heavy (non-hydrogen) atoms. The second-order valence-corrected chi connectivity index (χ2v) is 5.62. The third-order valence-electron chi connectivity index (χ3n) is 4.11. The molecule has 5 heteroatoms. The van der Waals surface area contributed by atoms with Crippen molar-refractivity contribution in [3.05, 3.63) is 39.9 Å². The lowest BCUT2D eigenvalue weighted by Crippen LogP contribution is -2.42. The van der Waals surface area contributed by atoms with Crippen LogP contribution in [-0.2, 0) is 6.54 Å². The highest BCUT2D eigenvalue weighted by atomic mass is 16.6. The number of rotatable bonds is 9. The summed E-state index contributed by atoms with van der Waals surface area (Å²) in [5, 5.41) is 14.4. The highest BCUT2D eigenvalue weighted by Crippen LogP contribution is 2.19. The van der Waals surface area contributed by atoms with Gasteiger partial charge in [-0.25, -0.2) is 0 Å². The molecule has 1 aromatic rings. The minimum absolute atomic E-state index is 0.189. The zero-order valence-corrected chi connectivity index (χ0v) is 13.5. The average molecular weight is 293 g/mol. The van der Waals surface area contributed by atoms with Gasteiger partial charge in [0.25, 0.3) is 5.69 Å². The quantitative estimate of drug-likeness (QED) is 0.561. The Morgan fingerprint density at radius 2 is 1.86 bits per heavy atom. The van der Waals surface area contributed by atoms with Crippen LogP contribution in [0.25, 0.3) is 0 Å². The molecule has 0 amide bonds. The molecular weight excluding hydrogens is 266 g/mol. The van der Waals surface area contributed by atoms with E-state index in [-0.39, 0.29) is 10.6 Å². The summed E-state index contributed by atoms with van der Waals surface area (Å²) in [7, 11) is 4.19. The second kappa shape index (κ2) is 8.74. The second-order valence-electron chi connectivity index (χ2n) is 5.62. The number of hydrogen-bond donors (Lipinski definition) is 1. The number of hydrogen-bond acceptors (Lipinski definition) is 4. The highest BCUT2D eigenvalue weighted by molar-refractivity contribution is 5.39. The molecule has 1 rings (SSSR count). The summed E-state index contributed by atoms with van der Waals surface area (Å²) in [4.78, 5) is 12.9. The van der Waals surface area contributed by atoms with E-state index < -0.39 is 0 Å². The lowest BCUT2D eigenvalue weighted by Gasteiger charge is -2.31. The Balaban J connectivity index is 2.64. The first-order chi connectivity index (χ1) is 10.0. The topological polar surface area (TPSA) is 58.4 Å². The van der Waals surface area contributed by atoms with Crippen LogP contribution < -0.4 is 5.32 Å². The van der Waals surface area contributed by atoms with E-state index in [0.29, 0.717) is 18.5 Å². The lowest BCUT2D eigenvalue weighted by molar-refractivity contribution is -0.385. The summed E-state index contributed by atoms with van der Waals surface area (Å²) in [5.74, 6) is 0.637. The summed E-state index contributed by atoms with van der Waals surface area (Å²) in [5.41, 5.74) is 0.929. The number of nitro groups is 1. The van der Waals surface area contributed by atoms with E-state index in [0.717, 1.165) is 24.9 Å². The SMILES string of the molecule is CCC(CC)C(CNCc1ccccc1[N+](=O)[O-])N(C)C. The van der Waals surface area contributed by atoms with Gasteiger partial charge in [-0.05, 0) is 20.0 Å². The van der Waals surface area contributed by atoms with E-state index in [1.165, 1.54) is 0 Å². The number of nitro benzene ring substituents is 1. The van der Waals surface area contributed by atoms with Gasteiger partial charge in [0.15, 0.2) is 0 Å². The maximum absolute atomic E-state index is 11.0. The third kappa shape index (κ3) is 5.10. The zero-order chi connectivity index (χ0) is 15.8. The molecule has 0 saturated heterocycles. The number of benzene rings is 1. The van der Waals surface area contributed by atoms with E-state index in [1.54, 1.807) is 12.1 Å². The van der Waals surface area contributed by atoms with Gasteiger partial charge in [0.2, 0.25) is 0 Å². The number of nitrogens with zero attached hydrogens (tertiary/aromatic N) is 2. The predicted octanol–water partition coefficient (Wildman–Crippen LogP) is 3.05. The van der Waals surface area contributed by atoms with Crippen LogP contribution in [0.4, 0.5) is 5.69 Å². The first-order valence-corrected chi connectivity index (χ1v) is 7.60. The Labute approximate surface area is 127 Å². The maximum atomic E-state index is 11.0. The van der Waals surface area contributed by atoms with Crippen LogP contribution in [0.5, 0.6) is 0 Å². The summed E-state index contributed by atoms with van der Waals surface area (Å²) in [6.07, 6.45) is 2.29. The predicted molar refractivity (Wildman–Crippen MR) is 86.4 cm³/mol. The normalized spacial score (nSPS) is 12.9. The van der Waals surface area contributed by atoms with Gasteiger partial charge in [0.1, 0.15) is 0 Å². The van der Waals surface area contributed by atoms with Gasteiger partial charge in [-0.2, -0.15) is 0 Å². The average Bonchev–Trinajstić information content (AvgIpc) is 2.46. The van der Waals surface area contributed by atoms with Crippen molar-refractivity contribution in [3.63, 3.8) is 0 Å². The van der Waals surface area contributed by atoms with Crippen LogP contribution in [-0.4, -0.2) is 36.5 Å². The highest BCUT2D eigenvalue weighted by Gasteiger charge is 2.20. The summed E-state index contributed by atoms with van der Waals surface area (Å²) >= 11 is 0. The Kier molecular flexibility index (Phi) is 7.32. The maximum Gasteiger partial charge on any atom is 0.273 e. The molecule has 0 aliphatic carbocycles. The van der Waals surface area contributed by atoms with Gasteiger partial charge in [-0.1, -0.05) is 44.9 Å². The van der Waals surface area contributed by atoms with Gasteiger partial charge in [-0.3, -0.25) is 10.1 Å². The first kappa shape index (κ1) is 17.6. The van der Waals surface area contributed by atoms with E-state index in [1.807, 2.05) is 12.1 Å². The first-order valence-electron chi connectivity index (χ1n) is 7.60.